The zero-order chi connectivity index (χ0) is 19.6. The fraction of sp³-hybridized carbons (Fsp3) is 0.0556. The van der Waals surface area contributed by atoms with Crippen LogP contribution >= 0.6 is 0 Å². The van der Waals surface area contributed by atoms with Crippen LogP contribution in [0.25, 0.3) is 6.08 Å². The van der Waals surface area contributed by atoms with E-state index in [0.29, 0.717) is 5.69 Å². The van der Waals surface area contributed by atoms with Gasteiger partial charge in [0, 0.05) is 23.2 Å². The summed E-state index contributed by atoms with van der Waals surface area (Å²) >= 11 is 0. The number of allylic oxidation sites excluding steroid dienone is 1. The Labute approximate surface area is 212 Å². The third-order valence-electron chi connectivity index (χ3n) is 3.62. The van der Waals surface area contributed by atoms with Gasteiger partial charge in [0.2, 0.25) is 5.91 Å². The number of anilines is 2. The summed E-state index contributed by atoms with van der Waals surface area (Å²) < 4.78 is 34.0. The Morgan fingerprint density at radius 1 is 1.14 bits per heavy atom. The summed E-state index contributed by atoms with van der Waals surface area (Å²) in [7, 11) is -4.77. The standard InChI is InChI=1S/C18H14N3O5S.2Na/c1-11(22)19-16-10-14(27(24,25)26)9-12-7-8-15(18(23)17(12)16)21-20-13-5-3-2-4-6-13;;/h2-7,9-10,20H,1H3,(H,19,22)(H,24,25,26);;/q-1;2*+1/p-1. The number of rotatable bonds is 4. The molecule has 29 heavy (non-hydrogen) atoms. The second-order valence-electron chi connectivity index (χ2n) is 5.63. The average Bonchev–Trinajstić information content (AvgIpc) is 2.60. The van der Waals surface area contributed by atoms with Crippen molar-refractivity contribution in [1.29, 1.82) is 0 Å². The molecule has 0 heterocycles. The normalized spacial score (nSPS) is 13.7. The summed E-state index contributed by atoms with van der Waals surface area (Å²) in [5.41, 5.74) is 3.42. The monoisotopic (exact) mass is 429 g/mol. The van der Waals surface area contributed by atoms with Gasteiger partial charge in [0.1, 0.15) is 15.9 Å². The van der Waals surface area contributed by atoms with Crippen LogP contribution in [-0.4, -0.2) is 30.4 Å². The minimum atomic E-state index is -4.77. The van der Waals surface area contributed by atoms with Gasteiger partial charge in [-0.15, -0.1) is 5.56 Å². The van der Waals surface area contributed by atoms with E-state index in [2.05, 4.69) is 21.9 Å². The number of carbonyl (C=O) groups is 2. The smallest absolute Gasteiger partial charge is 0.744 e. The summed E-state index contributed by atoms with van der Waals surface area (Å²) in [4.78, 5) is 23.7. The molecule has 0 saturated heterocycles. The van der Waals surface area contributed by atoms with Crippen LogP contribution in [-0.2, 0) is 14.9 Å². The van der Waals surface area contributed by atoms with E-state index in [0.717, 1.165) is 12.1 Å². The zero-order valence-corrected chi connectivity index (χ0v) is 20.8. The maximum absolute atomic E-state index is 12.8. The molecular weight excluding hydrogens is 416 g/mol. The molecule has 1 amide bonds. The number of benzene rings is 2. The maximum atomic E-state index is 12.8. The summed E-state index contributed by atoms with van der Waals surface area (Å²) in [5, 5.41) is 6.39. The molecule has 2 N–H and O–H groups in total. The first-order chi connectivity index (χ1) is 12.8. The molecule has 0 unspecified atom stereocenters. The number of carbonyl (C=O) groups excluding carboxylic acids is 2. The number of hydrogen-bond acceptors (Lipinski definition) is 7. The van der Waals surface area contributed by atoms with Gasteiger partial charge in [0.25, 0.3) is 0 Å². The van der Waals surface area contributed by atoms with Crippen molar-refractivity contribution in [2.45, 2.75) is 11.8 Å². The molecular formula is C18H13N3Na2O5S. The van der Waals surface area contributed by atoms with E-state index < -0.39 is 26.7 Å². The topological polar surface area (TPSA) is 128 Å². The molecule has 0 aliphatic heterocycles. The van der Waals surface area contributed by atoms with Crippen LogP contribution in [0.4, 0.5) is 11.4 Å². The molecule has 8 nitrogen and oxygen atoms in total. The molecule has 0 aromatic heterocycles. The maximum Gasteiger partial charge on any atom is 1.00 e. The number of nitrogens with one attached hydrogen (secondary N) is 2. The average molecular weight is 429 g/mol. The van der Waals surface area contributed by atoms with Crippen molar-refractivity contribution in [2.75, 3.05) is 10.7 Å². The minimum absolute atomic E-state index is 0. The first-order valence-electron chi connectivity index (χ1n) is 7.70. The number of hydrogen-bond donors (Lipinski definition) is 2. The first kappa shape index (κ1) is 25.7. The van der Waals surface area contributed by atoms with Crippen LogP contribution in [0.1, 0.15) is 22.8 Å². The Morgan fingerprint density at radius 2 is 1.79 bits per heavy atom. The van der Waals surface area contributed by atoms with Gasteiger partial charge in [-0.25, -0.2) is 8.42 Å². The second kappa shape index (κ2) is 10.6. The van der Waals surface area contributed by atoms with Crippen molar-refractivity contribution in [3.8, 4) is 0 Å². The molecule has 2 aromatic carbocycles. The summed E-state index contributed by atoms with van der Waals surface area (Å²) in [6.45, 7) is 1.20. The van der Waals surface area contributed by atoms with Crippen molar-refractivity contribution >= 4 is 45.0 Å². The number of Topliss-reactive ketones (excluding diaryl/α,β-unsaturated/α-hetero) is 1. The van der Waals surface area contributed by atoms with E-state index in [4.69, 9.17) is 0 Å². The Morgan fingerprint density at radius 3 is 2.38 bits per heavy atom. The molecule has 0 bridgehead atoms. The van der Waals surface area contributed by atoms with E-state index in [9.17, 15) is 22.6 Å². The van der Waals surface area contributed by atoms with E-state index in [-0.39, 0.29) is 81.6 Å². The number of amides is 1. The Kier molecular flexibility index (Phi) is 9.45. The Balaban J connectivity index is 0.00000210. The minimum Gasteiger partial charge on any atom is -0.744 e. The van der Waals surface area contributed by atoms with Gasteiger partial charge in [-0.1, -0.05) is 29.8 Å². The summed E-state index contributed by atoms with van der Waals surface area (Å²) in [5.74, 6) is -1.10. The molecule has 11 heteroatoms. The second-order valence-corrected chi connectivity index (χ2v) is 7.01. The fourth-order valence-electron chi connectivity index (χ4n) is 2.48. The molecule has 1 aliphatic rings. The van der Waals surface area contributed by atoms with Gasteiger partial charge < -0.3 is 14.7 Å². The quantitative estimate of drug-likeness (QED) is 0.221. The molecule has 0 radical (unpaired) electrons. The van der Waals surface area contributed by atoms with Crippen LogP contribution in [0.2, 0.25) is 0 Å². The summed E-state index contributed by atoms with van der Waals surface area (Å²) in [6.07, 6.45) is 3.99. The number of ketones is 1. The van der Waals surface area contributed by atoms with E-state index in [1.165, 1.54) is 13.0 Å². The van der Waals surface area contributed by atoms with Gasteiger partial charge in [-0.3, -0.25) is 10.2 Å². The Bertz CT molecular complexity index is 1100. The van der Waals surface area contributed by atoms with Gasteiger partial charge in [0.15, 0.2) is 0 Å². The predicted molar refractivity (Wildman–Crippen MR) is 98.2 cm³/mol. The summed E-state index contributed by atoms with van der Waals surface area (Å²) in [6, 6.07) is 10.9. The molecule has 1 aliphatic carbocycles. The van der Waals surface area contributed by atoms with Crippen molar-refractivity contribution in [1.82, 2.24) is 0 Å². The van der Waals surface area contributed by atoms with E-state index >= 15 is 0 Å². The van der Waals surface area contributed by atoms with Crippen LogP contribution < -0.4 is 69.9 Å². The Hall–Kier alpha value is -1.30. The van der Waals surface area contributed by atoms with Crippen molar-refractivity contribution in [2.24, 2.45) is 5.10 Å². The largest absolute Gasteiger partial charge is 1.00 e. The molecule has 138 valence electrons. The SMILES string of the molecule is CC(=O)Nc1cc(S(=O)(=O)[O-])cc2c1C(=O)C(=NNc1ccccc1)[C-]=C2.[Na+].[Na+]. The number of nitrogens with zero attached hydrogens (tertiary/aromatic N) is 1. The van der Waals surface area contributed by atoms with Gasteiger partial charge in [0.05, 0.1) is 5.69 Å². The van der Waals surface area contributed by atoms with Gasteiger partial charge >= 0.3 is 59.1 Å². The van der Waals surface area contributed by atoms with E-state index in [1.54, 1.807) is 24.3 Å². The number of para-hydroxylation sites is 1. The molecule has 0 atom stereocenters. The van der Waals surface area contributed by atoms with Crippen molar-refractivity contribution in [3.05, 3.63) is 59.7 Å². The van der Waals surface area contributed by atoms with Crippen LogP contribution in [0, 0.1) is 6.08 Å². The third kappa shape index (κ3) is 6.34. The van der Waals surface area contributed by atoms with Crippen LogP contribution in [0.3, 0.4) is 0 Å². The molecule has 0 spiro atoms. The third-order valence-corrected chi connectivity index (χ3v) is 4.43. The van der Waals surface area contributed by atoms with Crippen LogP contribution in [0.5, 0.6) is 0 Å². The van der Waals surface area contributed by atoms with Crippen LogP contribution in [0.15, 0.2) is 52.5 Å². The fourth-order valence-corrected chi connectivity index (χ4v) is 3.02. The first-order valence-corrected chi connectivity index (χ1v) is 9.11. The zero-order valence-electron chi connectivity index (χ0n) is 16.0. The van der Waals surface area contributed by atoms with E-state index in [1.807, 2.05) is 6.07 Å². The molecule has 0 fully saturated rings. The number of fused-ring (bicyclic) bond motifs is 1. The molecule has 3 rings (SSSR count). The van der Waals surface area contributed by atoms with Crippen molar-refractivity contribution in [3.63, 3.8) is 0 Å². The van der Waals surface area contributed by atoms with Gasteiger partial charge in [-0.2, -0.15) is 17.3 Å². The number of hydrazone groups is 1. The molecule has 0 saturated carbocycles. The van der Waals surface area contributed by atoms with Crippen molar-refractivity contribution < 1.29 is 81.7 Å². The predicted octanol–water partition coefficient (Wildman–Crippen LogP) is -3.96. The van der Waals surface area contributed by atoms with Gasteiger partial charge in [-0.05, 0) is 18.2 Å². The molecule has 2 aromatic rings.